The fourth-order valence-electron chi connectivity index (χ4n) is 1.41. The molecule has 5 nitrogen and oxygen atoms in total. The molecule has 0 aliphatic rings. The lowest BCUT2D eigenvalue weighted by Crippen LogP contribution is -2.12. The first kappa shape index (κ1) is 13.5. The summed E-state index contributed by atoms with van der Waals surface area (Å²) in [6.45, 7) is 0. The Hall–Kier alpha value is -1.92. The lowest BCUT2D eigenvalue weighted by atomic mass is 10.3. The predicted octanol–water partition coefficient (Wildman–Crippen LogP) is 2.52. The number of anilines is 2. The van der Waals surface area contributed by atoms with E-state index in [-0.39, 0.29) is 4.99 Å². The maximum Gasteiger partial charge on any atom is 0.148 e. The number of nitrogens with one attached hydrogen (secondary N) is 1. The van der Waals surface area contributed by atoms with Crippen molar-refractivity contribution in [1.82, 2.24) is 9.97 Å². The molecule has 0 aliphatic heterocycles. The number of hydrogen-bond donors (Lipinski definition) is 2. The molecule has 0 aliphatic carbocycles. The number of benzene rings is 1. The first-order valence-electron chi connectivity index (χ1n) is 5.32. The molecule has 0 atom stereocenters. The van der Waals surface area contributed by atoms with E-state index >= 15 is 0 Å². The lowest BCUT2D eigenvalue weighted by Gasteiger charge is -2.08. The third-order valence-corrected chi connectivity index (χ3v) is 2.83. The third kappa shape index (κ3) is 3.30. The summed E-state index contributed by atoms with van der Waals surface area (Å²) in [5.41, 5.74) is 6.71. The normalized spacial score (nSPS) is 10.0. The van der Waals surface area contributed by atoms with Crippen LogP contribution in [0.2, 0.25) is 5.02 Å². The van der Waals surface area contributed by atoms with Gasteiger partial charge in [-0.25, -0.2) is 9.97 Å². The molecular weight excluding hydrogens is 284 g/mol. The number of nitrogens with two attached hydrogens (primary N) is 1. The van der Waals surface area contributed by atoms with E-state index in [1.165, 1.54) is 6.20 Å². The number of rotatable bonds is 4. The Morgan fingerprint density at radius 3 is 2.68 bits per heavy atom. The molecule has 3 N–H and O–H groups in total. The molecule has 98 valence electrons. The summed E-state index contributed by atoms with van der Waals surface area (Å²) in [6, 6.07) is 5.33. The molecule has 1 heterocycles. The maximum absolute atomic E-state index is 6.03. The summed E-state index contributed by atoms with van der Waals surface area (Å²) in [5, 5.41) is 3.58. The number of ether oxygens (including phenoxy) is 1. The van der Waals surface area contributed by atoms with Crippen molar-refractivity contribution in [3.8, 4) is 5.75 Å². The van der Waals surface area contributed by atoms with Gasteiger partial charge in [-0.15, -0.1) is 0 Å². The summed E-state index contributed by atoms with van der Waals surface area (Å²) in [5.74, 6) is 1.18. The molecule has 2 rings (SSSR count). The molecule has 7 heteroatoms. The van der Waals surface area contributed by atoms with Crippen LogP contribution in [-0.4, -0.2) is 22.1 Å². The van der Waals surface area contributed by atoms with Gasteiger partial charge in [0.2, 0.25) is 0 Å². The van der Waals surface area contributed by atoms with Crippen LogP contribution in [0.5, 0.6) is 5.75 Å². The van der Waals surface area contributed by atoms with E-state index in [1.54, 1.807) is 25.4 Å². The van der Waals surface area contributed by atoms with E-state index in [1.807, 2.05) is 6.07 Å². The van der Waals surface area contributed by atoms with Gasteiger partial charge in [0, 0.05) is 5.69 Å². The largest absolute Gasteiger partial charge is 0.495 e. The SMILES string of the molecule is COc1ccc(Nc2cnc(C(N)=S)cn2)cc1Cl. The van der Waals surface area contributed by atoms with E-state index in [0.717, 1.165) is 5.69 Å². The Balaban J connectivity index is 2.16. The molecule has 0 saturated heterocycles. The third-order valence-electron chi connectivity index (χ3n) is 2.33. The van der Waals surface area contributed by atoms with Crippen molar-refractivity contribution in [1.29, 1.82) is 0 Å². The van der Waals surface area contributed by atoms with Crippen LogP contribution in [0.1, 0.15) is 5.69 Å². The quantitative estimate of drug-likeness (QED) is 0.844. The van der Waals surface area contributed by atoms with Crippen molar-refractivity contribution in [2.45, 2.75) is 0 Å². The molecule has 19 heavy (non-hydrogen) atoms. The van der Waals surface area contributed by atoms with Crippen LogP contribution in [0.3, 0.4) is 0 Å². The molecule has 1 aromatic carbocycles. The minimum Gasteiger partial charge on any atom is -0.495 e. The van der Waals surface area contributed by atoms with Crippen LogP contribution in [0, 0.1) is 0 Å². The first-order valence-corrected chi connectivity index (χ1v) is 6.11. The maximum atomic E-state index is 6.03. The van der Waals surface area contributed by atoms with Gasteiger partial charge in [-0.05, 0) is 18.2 Å². The van der Waals surface area contributed by atoms with Crippen LogP contribution < -0.4 is 15.8 Å². The highest BCUT2D eigenvalue weighted by Gasteiger charge is 2.04. The van der Waals surface area contributed by atoms with E-state index in [2.05, 4.69) is 15.3 Å². The standard InChI is InChI=1S/C12H11ClN4OS/c1-18-10-3-2-7(4-8(10)13)17-11-6-15-9(5-16-11)12(14)19/h2-6H,1H3,(H2,14,19)(H,16,17). The van der Waals surface area contributed by atoms with Crippen molar-refractivity contribution in [3.63, 3.8) is 0 Å². The fraction of sp³-hybridized carbons (Fsp3) is 0.0833. The van der Waals surface area contributed by atoms with E-state index < -0.39 is 0 Å². The zero-order chi connectivity index (χ0) is 13.8. The topological polar surface area (TPSA) is 73.1 Å². The molecule has 0 fully saturated rings. The van der Waals surface area contributed by atoms with E-state index in [4.69, 9.17) is 34.3 Å². The van der Waals surface area contributed by atoms with Gasteiger partial charge < -0.3 is 15.8 Å². The van der Waals surface area contributed by atoms with Crippen molar-refractivity contribution in [3.05, 3.63) is 41.3 Å². The summed E-state index contributed by atoms with van der Waals surface area (Å²) < 4.78 is 5.08. The van der Waals surface area contributed by atoms with Gasteiger partial charge in [0.15, 0.2) is 0 Å². The van der Waals surface area contributed by atoms with Crippen LogP contribution in [0.15, 0.2) is 30.6 Å². The Labute approximate surface area is 120 Å². The average molecular weight is 295 g/mol. The molecule has 0 saturated carbocycles. The molecule has 2 aromatic rings. The molecule has 0 radical (unpaired) electrons. The van der Waals surface area contributed by atoms with Gasteiger partial charge >= 0.3 is 0 Å². The summed E-state index contributed by atoms with van der Waals surface area (Å²) in [7, 11) is 1.56. The lowest BCUT2D eigenvalue weighted by molar-refractivity contribution is 0.415. The second kappa shape index (κ2) is 5.81. The summed E-state index contributed by atoms with van der Waals surface area (Å²) in [6.07, 6.45) is 3.06. The van der Waals surface area contributed by atoms with Crippen LogP contribution in [0.25, 0.3) is 0 Å². The van der Waals surface area contributed by atoms with Crippen LogP contribution >= 0.6 is 23.8 Å². The monoisotopic (exact) mass is 294 g/mol. The van der Waals surface area contributed by atoms with Gasteiger partial charge in [-0.3, -0.25) is 0 Å². The number of halogens is 1. The van der Waals surface area contributed by atoms with Gasteiger partial charge in [0.25, 0.3) is 0 Å². The van der Waals surface area contributed by atoms with Gasteiger partial charge in [0.1, 0.15) is 22.2 Å². The highest BCUT2D eigenvalue weighted by atomic mass is 35.5. The molecular formula is C12H11ClN4OS. The second-order valence-electron chi connectivity index (χ2n) is 3.63. The zero-order valence-electron chi connectivity index (χ0n) is 10.1. The average Bonchev–Trinajstić information content (AvgIpc) is 2.39. The number of aromatic nitrogens is 2. The second-order valence-corrected chi connectivity index (χ2v) is 4.47. The van der Waals surface area contributed by atoms with Gasteiger partial charge in [-0.1, -0.05) is 23.8 Å². The Kier molecular flexibility index (Phi) is 4.13. The molecule has 1 aromatic heterocycles. The van der Waals surface area contributed by atoms with Crippen molar-refractivity contribution in [2.75, 3.05) is 12.4 Å². The Morgan fingerprint density at radius 2 is 2.16 bits per heavy atom. The minimum atomic E-state index is 0.214. The smallest absolute Gasteiger partial charge is 0.148 e. The van der Waals surface area contributed by atoms with Crippen molar-refractivity contribution in [2.24, 2.45) is 5.73 Å². The number of nitrogens with zero attached hydrogens (tertiary/aromatic N) is 2. The molecule has 0 spiro atoms. The highest BCUT2D eigenvalue weighted by molar-refractivity contribution is 7.80. The first-order chi connectivity index (χ1) is 9.10. The Bertz CT molecular complexity index is 603. The van der Waals surface area contributed by atoms with Crippen LogP contribution in [0.4, 0.5) is 11.5 Å². The molecule has 0 bridgehead atoms. The number of thiocarbonyl (C=S) groups is 1. The number of hydrogen-bond acceptors (Lipinski definition) is 5. The fourth-order valence-corrected chi connectivity index (χ4v) is 1.77. The van der Waals surface area contributed by atoms with E-state index in [0.29, 0.717) is 22.3 Å². The van der Waals surface area contributed by atoms with Crippen molar-refractivity contribution >= 4 is 40.3 Å². The van der Waals surface area contributed by atoms with Crippen molar-refractivity contribution < 1.29 is 4.74 Å². The minimum absolute atomic E-state index is 0.214. The molecule has 0 amide bonds. The molecule has 0 unspecified atom stereocenters. The van der Waals surface area contributed by atoms with Crippen LogP contribution in [-0.2, 0) is 0 Å². The van der Waals surface area contributed by atoms with Gasteiger partial charge in [0.05, 0.1) is 24.5 Å². The highest BCUT2D eigenvalue weighted by Crippen LogP contribution is 2.28. The zero-order valence-corrected chi connectivity index (χ0v) is 11.6. The Morgan fingerprint density at radius 1 is 1.37 bits per heavy atom. The number of methoxy groups -OCH3 is 1. The predicted molar refractivity (Wildman–Crippen MR) is 79.2 cm³/mol. The summed E-state index contributed by atoms with van der Waals surface area (Å²) >= 11 is 10.8. The summed E-state index contributed by atoms with van der Waals surface area (Å²) in [4.78, 5) is 8.45. The van der Waals surface area contributed by atoms with Gasteiger partial charge in [-0.2, -0.15) is 0 Å². The van der Waals surface area contributed by atoms with E-state index in [9.17, 15) is 0 Å².